The highest BCUT2D eigenvalue weighted by Crippen LogP contribution is 2.36. The Morgan fingerprint density at radius 1 is 0.731 bits per heavy atom. The van der Waals surface area contributed by atoms with Gasteiger partial charge in [-0.25, -0.2) is 4.79 Å². The zero-order valence-electron chi connectivity index (χ0n) is 14.1. The molecule has 1 fully saturated rings. The normalized spacial score (nSPS) is 18.4. The average Bonchev–Trinajstić information content (AvgIpc) is 3.10. The van der Waals surface area contributed by atoms with Crippen molar-refractivity contribution in [3.63, 3.8) is 0 Å². The van der Waals surface area contributed by atoms with Gasteiger partial charge in [0.25, 0.3) is 0 Å². The van der Waals surface area contributed by atoms with Crippen LogP contribution in [0, 0.1) is 11.8 Å². The molecule has 1 heterocycles. The van der Waals surface area contributed by atoms with E-state index in [9.17, 15) is 4.79 Å². The molecule has 1 amide bonds. The van der Waals surface area contributed by atoms with Gasteiger partial charge >= 0.3 is 6.09 Å². The highest BCUT2D eigenvalue weighted by Gasteiger charge is 2.36. The quantitative estimate of drug-likeness (QED) is 0.693. The maximum Gasteiger partial charge on any atom is 0.408 e. The molecule has 1 saturated heterocycles. The van der Waals surface area contributed by atoms with E-state index >= 15 is 0 Å². The van der Waals surface area contributed by atoms with Crippen LogP contribution in [-0.4, -0.2) is 6.09 Å². The fraction of sp³-hybridized carbons (Fsp3) is 0.0870. The van der Waals surface area contributed by atoms with Gasteiger partial charge in [-0.15, -0.1) is 0 Å². The van der Waals surface area contributed by atoms with Crippen molar-refractivity contribution in [3.05, 3.63) is 107 Å². The zero-order valence-corrected chi connectivity index (χ0v) is 14.1. The molecule has 1 unspecified atom stereocenters. The molecule has 0 bridgehead atoms. The van der Waals surface area contributed by atoms with E-state index in [0.717, 1.165) is 22.3 Å². The number of hydrogen-bond donors (Lipinski definition) is 1. The van der Waals surface area contributed by atoms with E-state index < -0.39 is 6.09 Å². The second kappa shape index (κ2) is 7.16. The number of carbonyl (C=O) groups is 1. The molecule has 26 heavy (non-hydrogen) atoms. The van der Waals surface area contributed by atoms with Crippen molar-refractivity contribution in [2.45, 2.75) is 12.1 Å². The van der Waals surface area contributed by atoms with Gasteiger partial charge in [0.05, 0.1) is 6.04 Å². The lowest BCUT2D eigenvalue weighted by atomic mass is 9.95. The van der Waals surface area contributed by atoms with Crippen LogP contribution in [0.1, 0.15) is 34.4 Å². The molecule has 0 aliphatic carbocycles. The lowest BCUT2D eigenvalue weighted by Gasteiger charge is -2.17. The minimum atomic E-state index is -0.398. The van der Waals surface area contributed by atoms with Crippen LogP contribution in [0.3, 0.4) is 0 Å². The van der Waals surface area contributed by atoms with Gasteiger partial charge < -0.3 is 10.1 Å². The Kier molecular flexibility index (Phi) is 4.40. The van der Waals surface area contributed by atoms with Crippen LogP contribution in [-0.2, 0) is 4.74 Å². The predicted molar refractivity (Wildman–Crippen MR) is 100 cm³/mol. The highest BCUT2D eigenvalue weighted by atomic mass is 16.6. The lowest BCUT2D eigenvalue weighted by molar-refractivity contribution is 0.132. The molecule has 0 radical (unpaired) electrons. The van der Waals surface area contributed by atoms with Crippen molar-refractivity contribution >= 4 is 6.09 Å². The van der Waals surface area contributed by atoms with Gasteiger partial charge in [0, 0.05) is 11.1 Å². The van der Waals surface area contributed by atoms with Gasteiger partial charge in [0.1, 0.15) is 0 Å². The smallest absolute Gasteiger partial charge is 0.408 e. The van der Waals surface area contributed by atoms with Crippen molar-refractivity contribution in [1.29, 1.82) is 0 Å². The van der Waals surface area contributed by atoms with E-state index in [4.69, 9.17) is 4.74 Å². The SMILES string of the molecule is O=C1N[C@@H](c2cccc(C#Cc3ccccc3)c2)C(c2ccccc2)O1. The molecule has 1 aliphatic rings. The summed E-state index contributed by atoms with van der Waals surface area (Å²) < 4.78 is 5.50. The zero-order chi connectivity index (χ0) is 17.8. The molecule has 3 nitrogen and oxygen atoms in total. The van der Waals surface area contributed by atoms with Crippen LogP contribution in [0.25, 0.3) is 0 Å². The summed E-state index contributed by atoms with van der Waals surface area (Å²) >= 11 is 0. The summed E-state index contributed by atoms with van der Waals surface area (Å²) in [5.74, 6) is 6.35. The van der Waals surface area contributed by atoms with E-state index in [1.807, 2.05) is 84.9 Å². The van der Waals surface area contributed by atoms with Crippen LogP contribution in [0.2, 0.25) is 0 Å². The Bertz CT molecular complexity index is 971. The van der Waals surface area contributed by atoms with Gasteiger partial charge in [-0.3, -0.25) is 0 Å². The van der Waals surface area contributed by atoms with Crippen molar-refractivity contribution in [3.8, 4) is 11.8 Å². The summed E-state index contributed by atoms with van der Waals surface area (Å²) in [6.07, 6.45) is -0.745. The number of ether oxygens (including phenoxy) is 1. The molecule has 1 aliphatic heterocycles. The first kappa shape index (κ1) is 16.0. The van der Waals surface area contributed by atoms with Crippen LogP contribution in [0.15, 0.2) is 84.9 Å². The van der Waals surface area contributed by atoms with Crippen LogP contribution in [0.5, 0.6) is 0 Å². The molecule has 2 atom stereocenters. The Hall–Kier alpha value is -3.51. The molecule has 1 N–H and O–H groups in total. The molecular formula is C23H17NO2. The van der Waals surface area contributed by atoms with E-state index in [2.05, 4.69) is 17.2 Å². The maximum atomic E-state index is 11.8. The van der Waals surface area contributed by atoms with E-state index in [1.165, 1.54) is 0 Å². The fourth-order valence-corrected chi connectivity index (χ4v) is 3.06. The first-order chi connectivity index (χ1) is 12.8. The van der Waals surface area contributed by atoms with Crippen molar-refractivity contribution < 1.29 is 9.53 Å². The van der Waals surface area contributed by atoms with Crippen molar-refractivity contribution in [2.75, 3.05) is 0 Å². The van der Waals surface area contributed by atoms with Crippen molar-refractivity contribution in [2.24, 2.45) is 0 Å². The molecule has 3 aromatic carbocycles. The average molecular weight is 339 g/mol. The summed E-state index contributed by atoms with van der Waals surface area (Å²) in [6, 6.07) is 27.3. The number of amides is 1. The summed E-state index contributed by atoms with van der Waals surface area (Å²) in [7, 11) is 0. The number of hydrogen-bond acceptors (Lipinski definition) is 2. The predicted octanol–water partition coefficient (Wildman–Crippen LogP) is 4.61. The first-order valence-electron chi connectivity index (χ1n) is 8.49. The summed E-state index contributed by atoms with van der Waals surface area (Å²) in [5.41, 5.74) is 3.82. The largest absolute Gasteiger partial charge is 0.439 e. The summed E-state index contributed by atoms with van der Waals surface area (Å²) in [4.78, 5) is 11.8. The van der Waals surface area contributed by atoms with E-state index in [1.54, 1.807) is 0 Å². The van der Waals surface area contributed by atoms with Gasteiger partial charge in [0.2, 0.25) is 0 Å². The first-order valence-corrected chi connectivity index (χ1v) is 8.49. The van der Waals surface area contributed by atoms with Gasteiger partial charge in [-0.1, -0.05) is 72.5 Å². The van der Waals surface area contributed by atoms with Gasteiger partial charge in [-0.05, 0) is 35.4 Å². The third-order valence-electron chi connectivity index (χ3n) is 4.31. The lowest BCUT2D eigenvalue weighted by Crippen LogP contribution is -2.19. The molecule has 0 spiro atoms. The number of carbonyl (C=O) groups excluding carboxylic acids is 1. The molecule has 126 valence electrons. The Morgan fingerprint density at radius 3 is 2.12 bits per heavy atom. The third-order valence-corrected chi connectivity index (χ3v) is 4.31. The van der Waals surface area contributed by atoms with E-state index in [0.29, 0.717) is 0 Å². The topological polar surface area (TPSA) is 38.3 Å². The second-order valence-electron chi connectivity index (χ2n) is 6.10. The van der Waals surface area contributed by atoms with Crippen LogP contribution < -0.4 is 5.32 Å². The summed E-state index contributed by atoms with van der Waals surface area (Å²) in [6.45, 7) is 0. The number of nitrogens with one attached hydrogen (secondary N) is 1. The minimum absolute atomic E-state index is 0.233. The summed E-state index contributed by atoms with van der Waals surface area (Å²) in [5, 5.41) is 2.91. The number of benzene rings is 3. The van der Waals surface area contributed by atoms with Crippen LogP contribution >= 0.6 is 0 Å². The Balaban J connectivity index is 1.63. The fourth-order valence-electron chi connectivity index (χ4n) is 3.06. The molecule has 0 saturated carbocycles. The van der Waals surface area contributed by atoms with Crippen molar-refractivity contribution in [1.82, 2.24) is 5.32 Å². The highest BCUT2D eigenvalue weighted by molar-refractivity contribution is 5.71. The Labute approximate surface area is 152 Å². The molecule has 3 aromatic rings. The molecule has 0 aromatic heterocycles. The second-order valence-corrected chi connectivity index (χ2v) is 6.10. The number of alkyl carbamates (subject to hydrolysis) is 1. The monoisotopic (exact) mass is 339 g/mol. The molecule has 3 heteroatoms. The standard InChI is InChI=1S/C23H17NO2/c25-23-24-21(22(26-23)19-11-5-2-6-12-19)20-13-7-10-18(16-20)15-14-17-8-3-1-4-9-17/h1-13,16,21-22H,(H,24,25)/t21-,22?/m0/s1. The van der Waals surface area contributed by atoms with Gasteiger partial charge in [0.15, 0.2) is 6.10 Å². The minimum Gasteiger partial charge on any atom is -0.439 e. The maximum absolute atomic E-state index is 11.8. The molecule has 4 rings (SSSR count). The van der Waals surface area contributed by atoms with Crippen LogP contribution in [0.4, 0.5) is 4.79 Å². The third kappa shape index (κ3) is 3.45. The molecular weight excluding hydrogens is 322 g/mol. The Morgan fingerprint density at radius 2 is 1.35 bits per heavy atom. The number of cyclic esters (lactones) is 1. The van der Waals surface area contributed by atoms with E-state index in [-0.39, 0.29) is 12.1 Å². The number of rotatable bonds is 2. The van der Waals surface area contributed by atoms with Gasteiger partial charge in [-0.2, -0.15) is 0 Å².